The molecule has 4 N–H and O–H groups in total. The second-order valence-corrected chi connectivity index (χ2v) is 9.28. The lowest BCUT2D eigenvalue weighted by Gasteiger charge is -2.29. The number of hydrogen-bond acceptors (Lipinski definition) is 6. The Hall–Kier alpha value is -3.39. The number of rotatable bonds is 6. The van der Waals surface area contributed by atoms with Gasteiger partial charge in [0.15, 0.2) is 0 Å². The van der Waals surface area contributed by atoms with Gasteiger partial charge in [0.25, 0.3) is 0 Å². The van der Waals surface area contributed by atoms with Crippen molar-refractivity contribution in [3.05, 3.63) is 60.1 Å². The fourth-order valence-corrected chi connectivity index (χ4v) is 3.62. The number of benzene rings is 1. The zero-order valence-corrected chi connectivity index (χ0v) is 20.2. The predicted molar refractivity (Wildman–Crippen MR) is 136 cm³/mol. The molecule has 0 spiro atoms. The van der Waals surface area contributed by atoms with Gasteiger partial charge in [0.1, 0.15) is 0 Å². The molecule has 33 heavy (non-hydrogen) atoms. The van der Waals surface area contributed by atoms with Crippen LogP contribution in [0.3, 0.4) is 0 Å². The van der Waals surface area contributed by atoms with E-state index < -0.39 is 0 Å². The Kier molecular flexibility index (Phi) is 7.71. The zero-order chi connectivity index (χ0) is 24.0. The summed E-state index contributed by atoms with van der Waals surface area (Å²) in [6.45, 7) is 17.7. The number of urea groups is 1. The molecule has 8 heteroatoms. The van der Waals surface area contributed by atoms with Gasteiger partial charge < -0.3 is 26.2 Å². The molecule has 2 amide bonds. The third kappa shape index (κ3) is 7.32. The van der Waals surface area contributed by atoms with Crippen molar-refractivity contribution in [2.75, 3.05) is 36.4 Å². The second kappa shape index (κ2) is 10.5. The maximum atomic E-state index is 12.0. The first-order chi connectivity index (χ1) is 15.6. The summed E-state index contributed by atoms with van der Waals surface area (Å²) < 4.78 is 0. The molecular formula is C25H35N7O. The predicted octanol–water partition coefficient (Wildman–Crippen LogP) is 3.95. The van der Waals surface area contributed by atoms with Crippen LogP contribution >= 0.6 is 0 Å². The monoisotopic (exact) mass is 449 g/mol. The van der Waals surface area contributed by atoms with Crippen molar-refractivity contribution in [2.24, 2.45) is 0 Å². The minimum absolute atomic E-state index is 0.285. The highest BCUT2D eigenvalue weighted by Crippen LogP contribution is 2.22. The van der Waals surface area contributed by atoms with Gasteiger partial charge in [-0.2, -0.15) is 0 Å². The number of hydrogen-bond donors (Lipinski definition) is 4. The molecule has 8 nitrogen and oxygen atoms in total. The second-order valence-electron chi connectivity index (χ2n) is 9.28. The van der Waals surface area contributed by atoms with Gasteiger partial charge in [-0.1, -0.05) is 6.58 Å². The molecule has 3 rings (SSSR count). The van der Waals surface area contributed by atoms with Gasteiger partial charge >= 0.3 is 6.03 Å². The maximum Gasteiger partial charge on any atom is 0.319 e. The Morgan fingerprint density at radius 2 is 1.85 bits per heavy atom. The molecule has 2 aromatic rings. The summed E-state index contributed by atoms with van der Waals surface area (Å²) in [5.74, 6) is 0.542. The number of nitrogens with zero attached hydrogens (tertiary/aromatic N) is 3. The van der Waals surface area contributed by atoms with Gasteiger partial charge in [-0.15, -0.1) is 0 Å². The molecule has 0 saturated carbocycles. The number of carbonyl (C=O) groups excluding carboxylic acids is 1. The fourth-order valence-electron chi connectivity index (χ4n) is 3.62. The average molecular weight is 450 g/mol. The lowest BCUT2D eigenvalue weighted by atomic mass is 10.1. The van der Waals surface area contributed by atoms with Crippen molar-refractivity contribution in [3.8, 4) is 0 Å². The van der Waals surface area contributed by atoms with Crippen molar-refractivity contribution < 1.29 is 4.79 Å². The summed E-state index contributed by atoms with van der Waals surface area (Å²) in [4.78, 5) is 23.5. The highest BCUT2D eigenvalue weighted by molar-refractivity contribution is 5.78. The van der Waals surface area contributed by atoms with Crippen LogP contribution in [0.1, 0.15) is 39.0 Å². The molecule has 1 aromatic carbocycles. The number of allylic oxidation sites excluding steroid dienone is 2. The van der Waals surface area contributed by atoms with E-state index in [2.05, 4.69) is 54.8 Å². The Labute approximate surface area is 196 Å². The molecule has 2 heterocycles. The molecule has 0 radical (unpaired) electrons. The van der Waals surface area contributed by atoms with Crippen molar-refractivity contribution in [2.45, 2.75) is 40.2 Å². The first kappa shape index (κ1) is 24.3. The number of anilines is 3. The summed E-state index contributed by atoms with van der Waals surface area (Å²) in [7, 11) is 0. The maximum absolute atomic E-state index is 12.0. The molecule has 0 unspecified atom stereocenters. The Bertz CT molecular complexity index is 1020. The van der Waals surface area contributed by atoms with Crippen LogP contribution in [0.4, 0.5) is 22.1 Å². The molecule has 1 aliphatic heterocycles. The van der Waals surface area contributed by atoms with Gasteiger partial charge in [-0.05, 0) is 70.5 Å². The molecule has 1 aromatic heterocycles. The highest BCUT2D eigenvalue weighted by Gasteiger charge is 2.14. The van der Waals surface area contributed by atoms with Crippen LogP contribution in [-0.2, 0) is 0 Å². The SMILES string of the molecule is C=C(/C=C(/C)c1cnc(Nc2ccc(N3CCNCC3)cc2)nc1C)NC(=O)NC(C)(C)C. The topological polar surface area (TPSA) is 94.2 Å². The Morgan fingerprint density at radius 3 is 2.45 bits per heavy atom. The third-order valence-corrected chi connectivity index (χ3v) is 5.16. The summed E-state index contributed by atoms with van der Waals surface area (Å²) in [5.41, 5.74) is 5.00. The van der Waals surface area contributed by atoms with Crippen LogP contribution in [0.5, 0.6) is 0 Å². The zero-order valence-electron chi connectivity index (χ0n) is 20.2. The molecule has 1 fully saturated rings. The molecule has 0 atom stereocenters. The van der Waals surface area contributed by atoms with Gasteiger partial charge in [-0.3, -0.25) is 0 Å². The minimum atomic E-state index is -0.318. The van der Waals surface area contributed by atoms with Crippen LogP contribution in [0.25, 0.3) is 5.57 Å². The van der Waals surface area contributed by atoms with E-state index >= 15 is 0 Å². The van der Waals surface area contributed by atoms with Crippen LogP contribution in [0.2, 0.25) is 0 Å². The van der Waals surface area contributed by atoms with Crippen LogP contribution in [0.15, 0.2) is 48.8 Å². The largest absolute Gasteiger partial charge is 0.369 e. The molecule has 0 bridgehead atoms. The highest BCUT2D eigenvalue weighted by atomic mass is 16.2. The number of carbonyl (C=O) groups is 1. The van der Waals surface area contributed by atoms with E-state index in [0.29, 0.717) is 11.6 Å². The van der Waals surface area contributed by atoms with E-state index in [1.54, 1.807) is 6.20 Å². The van der Waals surface area contributed by atoms with Crippen LogP contribution in [0, 0.1) is 6.92 Å². The number of piperazine rings is 1. The van der Waals surface area contributed by atoms with Gasteiger partial charge in [0.2, 0.25) is 5.95 Å². The number of aryl methyl sites for hydroxylation is 1. The lowest BCUT2D eigenvalue weighted by Crippen LogP contribution is -2.45. The number of nitrogens with one attached hydrogen (secondary N) is 4. The number of amides is 2. The minimum Gasteiger partial charge on any atom is -0.369 e. The summed E-state index contributed by atoms with van der Waals surface area (Å²) >= 11 is 0. The van der Waals surface area contributed by atoms with Crippen molar-refractivity contribution in [1.29, 1.82) is 0 Å². The molecule has 0 aliphatic carbocycles. The van der Waals surface area contributed by atoms with Crippen LogP contribution < -0.4 is 26.2 Å². The van der Waals surface area contributed by atoms with E-state index in [4.69, 9.17) is 0 Å². The van der Waals surface area contributed by atoms with E-state index in [-0.39, 0.29) is 11.6 Å². The summed E-state index contributed by atoms with van der Waals surface area (Å²) in [6.07, 6.45) is 3.60. The van der Waals surface area contributed by atoms with Crippen LogP contribution in [-0.4, -0.2) is 47.7 Å². The standard InChI is InChI=1S/C25H35N7O/c1-17(15-18(2)28-24(33)31-25(4,5)6)22-16-27-23(29-19(22)3)30-20-7-9-21(10-8-20)32-13-11-26-12-14-32/h7-10,15-16,26H,2,11-14H2,1,3-6H3,(H,27,29,30)(H2,28,31,33)/b17-15-. The average Bonchev–Trinajstić information content (AvgIpc) is 2.73. The van der Waals surface area contributed by atoms with E-state index in [1.807, 2.05) is 52.8 Å². The first-order valence-electron chi connectivity index (χ1n) is 11.2. The molecular weight excluding hydrogens is 414 g/mol. The Balaban J connectivity index is 1.62. The summed E-state index contributed by atoms with van der Waals surface area (Å²) in [5, 5.41) is 12.2. The fraction of sp³-hybridized carbons (Fsp3) is 0.400. The first-order valence-corrected chi connectivity index (χ1v) is 11.2. The quantitative estimate of drug-likeness (QED) is 0.499. The molecule has 1 saturated heterocycles. The lowest BCUT2D eigenvalue weighted by molar-refractivity contribution is 0.235. The number of aromatic nitrogens is 2. The van der Waals surface area contributed by atoms with Gasteiger partial charge in [-0.25, -0.2) is 14.8 Å². The van der Waals surface area contributed by atoms with Gasteiger partial charge in [0.05, 0.1) is 5.69 Å². The molecule has 1 aliphatic rings. The van der Waals surface area contributed by atoms with Crippen molar-refractivity contribution >= 4 is 28.9 Å². The normalized spacial score (nSPS) is 14.6. The van der Waals surface area contributed by atoms with E-state index in [0.717, 1.165) is 48.7 Å². The van der Waals surface area contributed by atoms with Crippen molar-refractivity contribution in [1.82, 2.24) is 25.9 Å². The summed E-state index contributed by atoms with van der Waals surface area (Å²) in [6, 6.07) is 8.06. The third-order valence-electron chi connectivity index (χ3n) is 5.16. The van der Waals surface area contributed by atoms with E-state index in [9.17, 15) is 4.79 Å². The Morgan fingerprint density at radius 1 is 1.18 bits per heavy atom. The van der Waals surface area contributed by atoms with E-state index in [1.165, 1.54) is 5.69 Å². The van der Waals surface area contributed by atoms with Crippen molar-refractivity contribution in [3.63, 3.8) is 0 Å². The molecule has 176 valence electrons. The van der Waals surface area contributed by atoms with Gasteiger partial charge in [0, 0.05) is 60.6 Å². The smallest absolute Gasteiger partial charge is 0.319 e.